The number of rotatable bonds is 70. The van der Waals surface area contributed by atoms with Crippen molar-refractivity contribution in [3.05, 3.63) is 24.3 Å². The molecule has 1 unspecified atom stereocenters. The molecule has 1 atom stereocenters. The Bertz CT molecular complexity index is 1320. The van der Waals surface area contributed by atoms with E-state index < -0.39 is 6.10 Å². The van der Waals surface area contributed by atoms with Crippen molar-refractivity contribution in [1.29, 1.82) is 0 Å². The van der Waals surface area contributed by atoms with Crippen LogP contribution < -0.4 is 0 Å². The van der Waals surface area contributed by atoms with Crippen LogP contribution in [-0.2, 0) is 28.6 Å². The Kier molecular flexibility index (Phi) is 69.5. The highest BCUT2D eigenvalue weighted by molar-refractivity contribution is 5.71. The highest BCUT2D eigenvalue weighted by Crippen LogP contribution is 2.19. The molecule has 0 aromatic carbocycles. The topological polar surface area (TPSA) is 78.9 Å². The second-order valence-electron chi connectivity index (χ2n) is 25.6. The molecule has 82 heavy (non-hydrogen) atoms. The minimum atomic E-state index is -0.771. The Balaban J connectivity index is 4.04. The van der Waals surface area contributed by atoms with E-state index in [1.54, 1.807) is 0 Å². The second-order valence-corrected chi connectivity index (χ2v) is 25.6. The van der Waals surface area contributed by atoms with Gasteiger partial charge in [0.05, 0.1) is 0 Å². The van der Waals surface area contributed by atoms with E-state index in [1.165, 1.54) is 315 Å². The van der Waals surface area contributed by atoms with Gasteiger partial charge in [0.1, 0.15) is 13.2 Å². The zero-order valence-electron chi connectivity index (χ0n) is 55.8. The Labute approximate surface area is 513 Å². The van der Waals surface area contributed by atoms with Gasteiger partial charge in [0.2, 0.25) is 0 Å². The zero-order chi connectivity index (χ0) is 59.2. The maximum absolute atomic E-state index is 12.9. The second kappa shape index (κ2) is 71.4. The smallest absolute Gasteiger partial charge is 0.306 e. The van der Waals surface area contributed by atoms with Gasteiger partial charge in [-0.3, -0.25) is 14.4 Å². The molecule has 0 amide bonds. The Morgan fingerprint density at radius 2 is 0.427 bits per heavy atom. The summed E-state index contributed by atoms with van der Waals surface area (Å²) in [6, 6.07) is 0. The fourth-order valence-electron chi connectivity index (χ4n) is 11.6. The fraction of sp³-hybridized carbons (Fsp3) is 0.908. The molecule has 6 nitrogen and oxygen atoms in total. The van der Waals surface area contributed by atoms with Crippen molar-refractivity contribution in [3.63, 3.8) is 0 Å². The monoisotopic (exact) mass is 1150 g/mol. The van der Waals surface area contributed by atoms with Gasteiger partial charge in [-0.15, -0.1) is 0 Å². The predicted molar refractivity (Wildman–Crippen MR) is 358 cm³/mol. The molecular formula is C76H144O6. The molecule has 0 radical (unpaired) electrons. The van der Waals surface area contributed by atoms with Crippen LogP contribution in [0.25, 0.3) is 0 Å². The molecule has 0 fully saturated rings. The van der Waals surface area contributed by atoms with Crippen molar-refractivity contribution in [2.24, 2.45) is 0 Å². The van der Waals surface area contributed by atoms with Crippen molar-refractivity contribution in [2.45, 2.75) is 431 Å². The Morgan fingerprint density at radius 3 is 0.659 bits per heavy atom. The molecule has 0 aromatic rings. The van der Waals surface area contributed by atoms with Crippen LogP contribution in [0.2, 0.25) is 0 Å². The third-order valence-corrected chi connectivity index (χ3v) is 17.2. The summed E-state index contributed by atoms with van der Waals surface area (Å²) in [5.41, 5.74) is 0. The molecule has 0 saturated heterocycles. The number of hydrogen-bond donors (Lipinski definition) is 0. The van der Waals surface area contributed by atoms with Crippen LogP contribution in [0.15, 0.2) is 24.3 Å². The van der Waals surface area contributed by atoms with E-state index in [9.17, 15) is 14.4 Å². The van der Waals surface area contributed by atoms with Crippen LogP contribution in [0.4, 0.5) is 0 Å². The van der Waals surface area contributed by atoms with Gasteiger partial charge in [-0.1, -0.05) is 366 Å². The maximum atomic E-state index is 12.9. The molecule has 0 saturated carbocycles. The quantitative estimate of drug-likeness (QED) is 0.0261. The van der Waals surface area contributed by atoms with Gasteiger partial charge in [-0.2, -0.15) is 0 Å². The predicted octanol–water partition coefficient (Wildman–Crippen LogP) is 25.7. The molecule has 0 aliphatic rings. The van der Waals surface area contributed by atoms with E-state index in [-0.39, 0.29) is 31.1 Å². The minimum absolute atomic E-state index is 0.0673. The average Bonchev–Trinajstić information content (AvgIpc) is 3.47. The van der Waals surface area contributed by atoms with E-state index in [1.807, 2.05) is 0 Å². The largest absolute Gasteiger partial charge is 0.462 e. The fourth-order valence-corrected chi connectivity index (χ4v) is 11.6. The first-order chi connectivity index (χ1) is 40.5. The van der Waals surface area contributed by atoms with Crippen molar-refractivity contribution >= 4 is 17.9 Å². The molecule has 0 heterocycles. The van der Waals surface area contributed by atoms with E-state index in [0.29, 0.717) is 19.3 Å². The number of esters is 3. The van der Waals surface area contributed by atoms with Crippen LogP contribution in [0.5, 0.6) is 0 Å². The average molecular weight is 1150 g/mol. The molecule has 6 heteroatoms. The Morgan fingerprint density at radius 1 is 0.232 bits per heavy atom. The van der Waals surface area contributed by atoms with Crippen LogP contribution in [-0.4, -0.2) is 37.2 Å². The van der Waals surface area contributed by atoms with Gasteiger partial charge in [0.15, 0.2) is 6.10 Å². The number of hydrogen-bond acceptors (Lipinski definition) is 6. The van der Waals surface area contributed by atoms with Crippen molar-refractivity contribution in [3.8, 4) is 0 Å². The molecule has 0 aromatic heterocycles. The summed E-state index contributed by atoms with van der Waals surface area (Å²) in [5.74, 6) is -0.846. The summed E-state index contributed by atoms with van der Waals surface area (Å²) in [6.07, 6.45) is 88.2. The highest BCUT2D eigenvalue weighted by Gasteiger charge is 2.20. The lowest BCUT2D eigenvalue weighted by molar-refractivity contribution is -0.167. The van der Waals surface area contributed by atoms with Gasteiger partial charge < -0.3 is 14.2 Å². The number of carbonyl (C=O) groups is 3. The zero-order valence-corrected chi connectivity index (χ0v) is 55.8. The maximum Gasteiger partial charge on any atom is 0.306 e. The first-order valence-electron chi connectivity index (χ1n) is 37.3. The first kappa shape index (κ1) is 79.9. The molecular weight excluding hydrogens is 1010 g/mol. The van der Waals surface area contributed by atoms with E-state index >= 15 is 0 Å². The van der Waals surface area contributed by atoms with Crippen LogP contribution >= 0.6 is 0 Å². The van der Waals surface area contributed by atoms with Gasteiger partial charge in [-0.25, -0.2) is 0 Å². The Hall–Kier alpha value is -2.11. The van der Waals surface area contributed by atoms with Crippen LogP contribution in [0, 0.1) is 0 Å². The summed E-state index contributed by atoms with van der Waals surface area (Å²) >= 11 is 0. The molecule has 0 rings (SSSR count). The summed E-state index contributed by atoms with van der Waals surface area (Å²) in [7, 11) is 0. The molecule has 0 spiro atoms. The van der Waals surface area contributed by atoms with Gasteiger partial charge in [0.25, 0.3) is 0 Å². The van der Waals surface area contributed by atoms with Gasteiger partial charge in [-0.05, 0) is 64.2 Å². The first-order valence-corrected chi connectivity index (χ1v) is 37.3. The van der Waals surface area contributed by atoms with Crippen LogP contribution in [0.1, 0.15) is 425 Å². The minimum Gasteiger partial charge on any atom is -0.462 e. The lowest BCUT2D eigenvalue weighted by Crippen LogP contribution is -2.30. The summed E-state index contributed by atoms with van der Waals surface area (Å²) < 4.78 is 17.0. The summed E-state index contributed by atoms with van der Waals surface area (Å²) in [4.78, 5) is 38.3. The molecule has 0 aliphatic carbocycles. The third kappa shape index (κ3) is 68.7. The van der Waals surface area contributed by atoms with E-state index in [0.717, 1.165) is 70.6 Å². The van der Waals surface area contributed by atoms with Crippen molar-refractivity contribution in [2.75, 3.05) is 13.2 Å². The van der Waals surface area contributed by atoms with Gasteiger partial charge in [0, 0.05) is 19.3 Å². The van der Waals surface area contributed by atoms with Crippen molar-refractivity contribution in [1.82, 2.24) is 0 Å². The van der Waals surface area contributed by atoms with E-state index in [4.69, 9.17) is 14.2 Å². The number of allylic oxidation sites excluding steroid dienone is 4. The molecule has 0 aliphatic heterocycles. The lowest BCUT2D eigenvalue weighted by Gasteiger charge is -2.18. The molecule has 0 N–H and O–H groups in total. The van der Waals surface area contributed by atoms with E-state index in [2.05, 4.69) is 45.1 Å². The molecule has 484 valence electrons. The van der Waals surface area contributed by atoms with Crippen molar-refractivity contribution < 1.29 is 28.6 Å². The number of ether oxygens (including phenoxy) is 3. The summed E-state index contributed by atoms with van der Waals surface area (Å²) in [6.45, 7) is 6.65. The number of carbonyl (C=O) groups excluding carboxylic acids is 3. The number of unbranched alkanes of at least 4 members (excludes halogenated alkanes) is 55. The van der Waals surface area contributed by atoms with Gasteiger partial charge >= 0.3 is 17.9 Å². The molecule has 0 bridgehead atoms. The third-order valence-electron chi connectivity index (χ3n) is 17.2. The SMILES string of the molecule is CCC/C=C\CCCCCCCC(=O)OCC(COC(=O)CCCCCCCCCCCCCCCCCCCCCCC/C=C\CCCCCCCCCC)OC(=O)CCCCCCCCCCCCCCCCCCCCCCC. The lowest BCUT2D eigenvalue weighted by atomic mass is 10.0. The van der Waals surface area contributed by atoms with Crippen LogP contribution in [0.3, 0.4) is 0 Å². The summed E-state index contributed by atoms with van der Waals surface area (Å²) in [5, 5.41) is 0. The normalized spacial score (nSPS) is 12.1. The standard InChI is InChI=1S/C76H144O6/c1-4-7-10-13-16-19-22-24-26-28-30-32-33-34-35-36-37-38-39-40-41-42-43-45-46-48-50-52-54-57-60-63-66-69-75(78)81-72-73(71-80-74(77)68-65-62-59-56-21-18-15-12-9-6-3)82-76(79)70-67-64-61-58-55-53-51-49-47-44-31-29-27-25-23-20-17-14-11-8-5-2/h12,15,28,30,73H,4-11,13-14,16-27,29,31-72H2,1-3H3/b15-12-,30-28-. The highest BCUT2D eigenvalue weighted by atomic mass is 16.6.